The molecule has 0 atom stereocenters. The van der Waals surface area contributed by atoms with Crippen LogP contribution in [0.5, 0.6) is 0 Å². The van der Waals surface area contributed by atoms with E-state index < -0.39 is 5.97 Å². The van der Waals surface area contributed by atoms with Crippen LogP contribution in [0.2, 0.25) is 0 Å². The van der Waals surface area contributed by atoms with Gasteiger partial charge in [0.15, 0.2) is 0 Å². The number of ether oxygens (including phenoxy) is 1. The Morgan fingerprint density at radius 3 is 3.00 bits per heavy atom. The summed E-state index contributed by atoms with van der Waals surface area (Å²) < 4.78 is 4.61. The Labute approximate surface area is 80.7 Å². The van der Waals surface area contributed by atoms with Crippen LogP contribution in [0.1, 0.15) is 10.4 Å². The number of anilines is 1. The van der Waals surface area contributed by atoms with Crippen molar-refractivity contribution in [2.24, 2.45) is 0 Å². The highest BCUT2D eigenvalue weighted by atomic mass is 16.5. The molecule has 1 heterocycles. The molecule has 1 aromatic carbocycles. The van der Waals surface area contributed by atoms with Gasteiger partial charge in [-0.15, -0.1) is 0 Å². The van der Waals surface area contributed by atoms with Gasteiger partial charge in [0.2, 0.25) is 0 Å². The van der Waals surface area contributed by atoms with Crippen molar-refractivity contribution < 1.29 is 9.53 Å². The Balaban J connectivity index is 2.64. The van der Waals surface area contributed by atoms with Crippen molar-refractivity contribution >= 4 is 22.6 Å². The summed E-state index contributed by atoms with van der Waals surface area (Å²) >= 11 is 0. The molecule has 2 rings (SSSR count). The fourth-order valence-corrected chi connectivity index (χ4v) is 1.40. The average molecular weight is 190 g/mol. The summed E-state index contributed by atoms with van der Waals surface area (Å²) in [6.07, 6.45) is 1.80. The van der Waals surface area contributed by atoms with Gasteiger partial charge in [-0.05, 0) is 18.2 Å². The number of H-pyrrole nitrogens is 1. The normalized spacial score (nSPS) is 10.4. The molecule has 14 heavy (non-hydrogen) atoms. The second-order valence-corrected chi connectivity index (χ2v) is 3.00. The monoisotopic (exact) mass is 190 g/mol. The van der Waals surface area contributed by atoms with E-state index in [2.05, 4.69) is 9.72 Å². The number of carbonyl (C=O) groups is 1. The lowest BCUT2D eigenvalue weighted by molar-refractivity contribution is 0.0602. The highest BCUT2D eigenvalue weighted by Crippen LogP contribution is 2.21. The Bertz CT molecular complexity index is 488. The number of hydrogen-bond acceptors (Lipinski definition) is 3. The van der Waals surface area contributed by atoms with Crippen LogP contribution < -0.4 is 5.73 Å². The third-order valence-electron chi connectivity index (χ3n) is 2.13. The Morgan fingerprint density at radius 1 is 1.50 bits per heavy atom. The van der Waals surface area contributed by atoms with E-state index in [1.807, 2.05) is 6.07 Å². The number of carbonyl (C=O) groups excluding carboxylic acids is 1. The van der Waals surface area contributed by atoms with E-state index >= 15 is 0 Å². The minimum absolute atomic E-state index is 0.391. The molecule has 0 unspecified atom stereocenters. The van der Waals surface area contributed by atoms with Gasteiger partial charge in [0.05, 0.1) is 12.7 Å². The van der Waals surface area contributed by atoms with Gasteiger partial charge in [-0.3, -0.25) is 0 Å². The summed E-state index contributed by atoms with van der Waals surface area (Å²) in [5.41, 5.74) is 7.41. The molecule has 0 saturated heterocycles. The highest BCUT2D eigenvalue weighted by Gasteiger charge is 2.11. The summed E-state index contributed by atoms with van der Waals surface area (Å²) in [5, 5.41) is 0.982. The number of nitrogens with two attached hydrogens (primary N) is 1. The number of aromatic nitrogens is 1. The highest BCUT2D eigenvalue weighted by molar-refractivity contribution is 6.00. The zero-order valence-corrected chi connectivity index (χ0v) is 7.70. The smallest absolute Gasteiger partial charge is 0.340 e. The summed E-state index contributed by atoms with van der Waals surface area (Å²) in [6.45, 7) is 0. The van der Waals surface area contributed by atoms with Crippen molar-refractivity contribution in [3.63, 3.8) is 0 Å². The van der Waals surface area contributed by atoms with E-state index in [-0.39, 0.29) is 0 Å². The van der Waals surface area contributed by atoms with Crippen LogP contribution in [0.25, 0.3) is 10.9 Å². The number of methoxy groups -OCH3 is 1. The maximum atomic E-state index is 11.3. The van der Waals surface area contributed by atoms with E-state index in [4.69, 9.17) is 5.73 Å². The molecule has 0 bridgehead atoms. The quantitative estimate of drug-likeness (QED) is 0.529. The van der Waals surface area contributed by atoms with Crippen molar-refractivity contribution in [3.05, 3.63) is 30.0 Å². The van der Waals surface area contributed by atoms with E-state index in [1.54, 1.807) is 18.3 Å². The molecule has 4 heteroatoms. The number of benzene rings is 1. The lowest BCUT2D eigenvalue weighted by atomic mass is 10.1. The number of nitrogen functional groups attached to an aromatic ring is 1. The van der Waals surface area contributed by atoms with Crippen LogP contribution in [-0.2, 0) is 4.74 Å². The molecule has 1 aromatic heterocycles. The lowest BCUT2D eigenvalue weighted by Crippen LogP contribution is -2.05. The average Bonchev–Trinajstić information content (AvgIpc) is 2.62. The van der Waals surface area contributed by atoms with E-state index in [0.29, 0.717) is 11.3 Å². The topological polar surface area (TPSA) is 68.1 Å². The molecule has 72 valence electrons. The third kappa shape index (κ3) is 1.21. The van der Waals surface area contributed by atoms with Crippen molar-refractivity contribution in [1.82, 2.24) is 4.98 Å². The fourth-order valence-electron chi connectivity index (χ4n) is 1.40. The van der Waals surface area contributed by atoms with Crippen LogP contribution in [-0.4, -0.2) is 18.1 Å². The van der Waals surface area contributed by atoms with Gasteiger partial charge in [0.25, 0.3) is 0 Å². The minimum atomic E-state index is -0.418. The van der Waals surface area contributed by atoms with Gasteiger partial charge in [-0.1, -0.05) is 0 Å². The van der Waals surface area contributed by atoms with E-state index in [9.17, 15) is 4.79 Å². The molecule has 2 aromatic rings. The molecule has 0 saturated carbocycles. The number of hydrogen-bond donors (Lipinski definition) is 2. The first-order valence-corrected chi connectivity index (χ1v) is 4.17. The number of rotatable bonds is 1. The standard InChI is InChI=1S/C10H10N2O2/c1-14-10(13)7-5-9-6(2-3-12-9)4-8(7)11/h2-5,12H,11H2,1H3. The van der Waals surface area contributed by atoms with Crippen molar-refractivity contribution in [2.45, 2.75) is 0 Å². The Hall–Kier alpha value is -1.97. The lowest BCUT2D eigenvalue weighted by Gasteiger charge is -2.03. The predicted molar refractivity (Wildman–Crippen MR) is 54.1 cm³/mol. The largest absolute Gasteiger partial charge is 0.465 e. The van der Waals surface area contributed by atoms with Gasteiger partial charge in [0.1, 0.15) is 0 Å². The van der Waals surface area contributed by atoms with Crippen LogP contribution >= 0.6 is 0 Å². The fraction of sp³-hybridized carbons (Fsp3) is 0.100. The molecular formula is C10H10N2O2. The maximum absolute atomic E-state index is 11.3. The van der Waals surface area contributed by atoms with Gasteiger partial charge in [0, 0.05) is 22.8 Å². The molecule has 3 N–H and O–H groups in total. The van der Waals surface area contributed by atoms with Crippen LogP contribution in [0.4, 0.5) is 5.69 Å². The second-order valence-electron chi connectivity index (χ2n) is 3.00. The first-order valence-electron chi connectivity index (χ1n) is 4.17. The van der Waals surface area contributed by atoms with E-state index in [0.717, 1.165) is 10.9 Å². The Kier molecular flexibility index (Phi) is 1.89. The third-order valence-corrected chi connectivity index (χ3v) is 2.13. The molecule has 0 aliphatic heterocycles. The van der Waals surface area contributed by atoms with Crippen LogP contribution in [0.15, 0.2) is 24.4 Å². The van der Waals surface area contributed by atoms with Gasteiger partial charge in [-0.25, -0.2) is 4.79 Å². The Morgan fingerprint density at radius 2 is 2.29 bits per heavy atom. The summed E-state index contributed by atoms with van der Waals surface area (Å²) in [5.74, 6) is -0.418. The first-order chi connectivity index (χ1) is 6.72. The van der Waals surface area contributed by atoms with Crippen molar-refractivity contribution in [1.29, 1.82) is 0 Å². The predicted octanol–water partition coefficient (Wildman–Crippen LogP) is 1.54. The molecule has 0 fully saturated rings. The molecule has 0 aliphatic rings. The number of aromatic amines is 1. The SMILES string of the molecule is COC(=O)c1cc2[nH]ccc2cc1N. The molecule has 0 amide bonds. The van der Waals surface area contributed by atoms with Crippen LogP contribution in [0, 0.1) is 0 Å². The van der Waals surface area contributed by atoms with Gasteiger partial charge < -0.3 is 15.5 Å². The summed E-state index contributed by atoms with van der Waals surface area (Å²) in [6, 6.07) is 5.33. The zero-order chi connectivity index (χ0) is 10.1. The minimum Gasteiger partial charge on any atom is -0.465 e. The van der Waals surface area contributed by atoms with E-state index in [1.165, 1.54) is 7.11 Å². The molecule has 4 nitrogen and oxygen atoms in total. The van der Waals surface area contributed by atoms with Gasteiger partial charge >= 0.3 is 5.97 Å². The zero-order valence-electron chi connectivity index (χ0n) is 7.70. The first kappa shape index (κ1) is 8.62. The second kappa shape index (κ2) is 3.06. The van der Waals surface area contributed by atoms with Crippen LogP contribution in [0.3, 0.4) is 0 Å². The van der Waals surface area contributed by atoms with Crippen molar-refractivity contribution in [2.75, 3.05) is 12.8 Å². The summed E-state index contributed by atoms with van der Waals surface area (Å²) in [7, 11) is 1.33. The molecule has 0 spiro atoms. The number of fused-ring (bicyclic) bond motifs is 1. The summed E-state index contributed by atoms with van der Waals surface area (Å²) in [4.78, 5) is 14.3. The molecular weight excluding hydrogens is 180 g/mol. The number of nitrogens with one attached hydrogen (secondary N) is 1. The molecule has 0 radical (unpaired) electrons. The van der Waals surface area contributed by atoms with Crippen molar-refractivity contribution in [3.8, 4) is 0 Å². The van der Waals surface area contributed by atoms with Gasteiger partial charge in [-0.2, -0.15) is 0 Å². The number of esters is 1. The molecule has 0 aliphatic carbocycles. The maximum Gasteiger partial charge on any atom is 0.340 e.